The lowest BCUT2D eigenvalue weighted by atomic mass is 9.94. The number of ether oxygens (including phenoxy) is 2. The van der Waals surface area contributed by atoms with E-state index in [0.717, 1.165) is 25.7 Å². The highest BCUT2D eigenvalue weighted by Crippen LogP contribution is 2.42. The van der Waals surface area contributed by atoms with Crippen LogP contribution in [-0.2, 0) is 0 Å². The van der Waals surface area contributed by atoms with Gasteiger partial charge in [0.15, 0.2) is 5.78 Å². The fraction of sp³-hybridized carbons (Fsp3) is 0.500. The minimum absolute atomic E-state index is 0.157. The van der Waals surface area contributed by atoms with Crippen molar-refractivity contribution in [3.8, 4) is 11.5 Å². The van der Waals surface area contributed by atoms with Gasteiger partial charge in [-0.1, -0.05) is 12.8 Å². The van der Waals surface area contributed by atoms with Crippen LogP contribution in [0.4, 0.5) is 0 Å². The van der Waals surface area contributed by atoms with Crippen LogP contribution in [0.3, 0.4) is 0 Å². The quantitative estimate of drug-likeness (QED) is 0.620. The van der Waals surface area contributed by atoms with Crippen LogP contribution in [-0.4, -0.2) is 25.2 Å². The fourth-order valence-corrected chi connectivity index (χ4v) is 3.05. The number of rotatable bonds is 4. The summed E-state index contributed by atoms with van der Waals surface area (Å²) in [6.07, 6.45) is 4.11. The van der Waals surface area contributed by atoms with Gasteiger partial charge in [-0.2, -0.15) is 0 Å². The molecular formula is C14H19O3P. The van der Waals surface area contributed by atoms with Gasteiger partial charge in [0.1, 0.15) is 11.5 Å². The predicted molar refractivity (Wildman–Crippen MR) is 74.8 cm³/mol. The van der Waals surface area contributed by atoms with Crippen molar-refractivity contribution in [2.45, 2.75) is 30.8 Å². The van der Waals surface area contributed by atoms with Gasteiger partial charge in [0, 0.05) is 11.2 Å². The minimum Gasteiger partial charge on any atom is -0.497 e. The smallest absolute Gasteiger partial charge is 0.176 e. The lowest BCUT2D eigenvalue weighted by molar-refractivity contribution is 0.0941. The SMILES string of the molecule is COc1ccc(C(=O)C2(P)CCCC2)c(OC)c1. The van der Waals surface area contributed by atoms with Crippen molar-refractivity contribution < 1.29 is 14.3 Å². The minimum atomic E-state index is -0.304. The van der Waals surface area contributed by atoms with Crippen LogP contribution >= 0.6 is 9.24 Å². The first-order valence-electron chi connectivity index (χ1n) is 6.16. The van der Waals surface area contributed by atoms with E-state index in [9.17, 15) is 4.79 Å². The molecule has 0 N–H and O–H groups in total. The van der Waals surface area contributed by atoms with Crippen molar-refractivity contribution in [2.24, 2.45) is 0 Å². The molecule has 1 aliphatic rings. The second-order valence-electron chi connectivity index (χ2n) is 4.76. The molecule has 0 saturated heterocycles. The highest BCUT2D eigenvalue weighted by molar-refractivity contribution is 7.21. The van der Waals surface area contributed by atoms with E-state index in [1.54, 1.807) is 32.4 Å². The van der Waals surface area contributed by atoms with Gasteiger partial charge in [-0.05, 0) is 25.0 Å². The lowest BCUT2D eigenvalue weighted by Crippen LogP contribution is -2.28. The largest absolute Gasteiger partial charge is 0.497 e. The predicted octanol–water partition coefficient (Wildman–Crippen LogP) is 3.07. The first-order valence-corrected chi connectivity index (χ1v) is 6.74. The summed E-state index contributed by atoms with van der Waals surface area (Å²) < 4.78 is 10.4. The van der Waals surface area contributed by atoms with E-state index in [1.807, 2.05) is 0 Å². The van der Waals surface area contributed by atoms with Crippen molar-refractivity contribution in [1.29, 1.82) is 0 Å². The van der Waals surface area contributed by atoms with Crippen LogP contribution in [0.25, 0.3) is 0 Å². The van der Waals surface area contributed by atoms with Crippen LogP contribution in [0.15, 0.2) is 18.2 Å². The molecular weight excluding hydrogens is 247 g/mol. The molecule has 3 nitrogen and oxygen atoms in total. The zero-order chi connectivity index (χ0) is 13.2. The summed E-state index contributed by atoms with van der Waals surface area (Å²) in [5, 5.41) is -0.304. The molecule has 1 aliphatic carbocycles. The fourth-order valence-electron chi connectivity index (χ4n) is 2.49. The van der Waals surface area contributed by atoms with Crippen molar-refractivity contribution >= 4 is 15.0 Å². The molecule has 2 rings (SSSR count). The zero-order valence-corrected chi connectivity index (χ0v) is 12.0. The first-order chi connectivity index (χ1) is 8.60. The third-order valence-corrected chi connectivity index (χ3v) is 4.44. The van der Waals surface area contributed by atoms with Gasteiger partial charge >= 0.3 is 0 Å². The Labute approximate surface area is 110 Å². The maximum absolute atomic E-state index is 12.6. The normalized spacial score (nSPS) is 17.5. The molecule has 0 bridgehead atoms. The highest BCUT2D eigenvalue weighted by atomic mass is 31.0. The van der Waals surface area contributed by atoms with Gasteiger partial charge in [0.25, 0.3) is 0 Å². The second-order valence-corrected chi connectivity index (χ2v) is 5.86. The van der Waals surface area contributed by atoms with Gasteiger partial charge < -0.3 is 9.47 Å². The van der Waals surface area contributed by atoms with Crippen molar-refractivity contribution in [3.63, 3.8) is 0 Å². The molecule has 1 aromatic rings. The van der Waals surface area contributed by atoms with Crippen LogP contribution < -0.4 is 9.47 Å². The lowest BCUT2D eigenvalue weighted by Gasteiger charge is -2.22. The summed E-state index contributed by atoms with van der Waals surface area (Å²) in [4.78, 5) is 12.6. The molecule has 1 unspecified atom stereocenters. The number of Topliss-reactive ketones (excluding diaryl/α,β-unsaturated/α-hetero) is 1. The van der Waals surface area contributed by atoms with Gasteiger partial charge in [-0.3, -0.25) is 4.79 Å². The van der Waals surface area contributed by atoms with Gasteiger partial charge in [-0.15, -0.1) is 9.24 Å². The summed E-state index contributed by atoms with van der Waals surface area (Å²) in [7, 11) is 5.93. The summed E-state index contributed by atoms with van der Waals surface area (Å²) >= 11 is 0. The average Bonchev–Trinajstić information content (AvgIpc) is 2.85. The third kappa shape index (κ3) is 2.37. The summed E-state index contributed by atoms with van der Waals surface area (Å²) in [6, 6.07) is 5.36. The standard InChI is InChI=1S/C14H19O3P/c1-16-10-5-6-11(12(9-10)17-2)13(15)14(18)7-3-4-8-14/h5-6,9H,3-4,7-8,18H2,1-2H3. The molecule has 0 spiro atoms. The monoisotopic (exact) mass is 266 g/mol. The van der Waals surface area contributed by atoms with Crippen LogP contribution in [0.2, 0.25) is 0 Å². The van der Waals surface area contributed by atoms with E-state index in [2.05, 4.69) is 9.24 Å². The first kappa shape index (κ1) is 13.4. The number of ketones is 1. The molecule has 1 aromatic carbocycles. The summed E-state index contributed by atoms with van der Waals surface area (Å²) in [5.74, 6) is 1.45. The molecule has 1 fully saturated rings. The van der Waals surface area contributed by atoms with Gasteiger partial charge in [0.2, 0.25) is 0 Å². The Morgan fingerprint density at radius 3 is 2.44 bits per heavy atom. The van der Waals surface area contributed by atoms with E-state index < -0.39 is 0 Å². The molecule has 1 saturated carbocycles. The Kier molecular flexibility index (Phi) is 3.91. The number of carbonyl (C=O) groups is 1. The molecule has 0 heterocycles. The molecule has 98 valence electrons. The maximum atomic E-state index is 12.6. The van der Waals surface area contributed by atoms with E-state index in [4.69, 9.17) is 9.47 Å². The van der Waals surface area contributed by atoms with Crippen LogP contribution in [0.1, 0.15) is 36.0 Å². The number of benzene rings is 1. The highest BCUT2D eigenvalue weighted by Gasteiger charge is 2.38. The molecule has 4 heteroatoms. The zero-order valence-electron chi connectivity index (χ0n) is 10.9. The molecule has 0 aromatic heterocycles. The maximum Gasteiger partial charge on any atom is 0.176 e. The second kappa shape index (κ2) is 5.27. The Hall–Kier alpha value is -1.08. The van der Waals surface area contributed by atoms with Crippen LogP contribution in [0.5, 0.6) is 11.5 Å². The molecule has 0 radical (unpaired) electrons. The average molecular weight is 266 g/mol. The van der Waals surface area contributed by atoms with Gasteiger partial charge in [0.05, 0.1) is 19.8 Å². The summed E-state index contributed by atoms with van der Waals surface area (Å²) in [5.41, 5.74) is 0.648. The van der Waals surface area contributed by atoms with Crippen molar-refractivity contribution in [2.75, 3.05) is 14.2 Å². The Morgan fingerprint density at radius 1 is 1.22 bits per heavy atom. The van der Waals surface area contributed by atoms with Crippen molar-refractivity contribution in [1.82, 2.24) is 0 Å². The molecule has 1 atom stereocenters. The third-order valence-electron chi connectivity index (χ3n) is 3.60. The summed E-state index contributed by atoms with van der Waals surface area (Å²) in [6.45, 7) is 0. The number of hydrogen-bond donors (Lipinski definition) is 0. The van der Waals surface area contributed by atoms with Gasteiger partial charge in [-0.25, -0.2) is 0 Å². The Bertz CT molecular complexity index is 450. The number of carbonyl (C=O) groups excluding carboxylic acids is 1. The van der Waals surface area contributed by atoms with Crippen molar-refractivity contribution in [3.05, 3.63) is 23.8 Å². The number of hydrogen-bond acceptors (Lipinski definition) is 3. The topological polar surface area (TPSA) is 35.5 Å². The van der Waals surface area contributed by atoms with Crippen LogP contribution in [0, 0.1) is 0 Å². The van der Waals surface area contributed by atoms with E-state index >= 15 is 0 Å². The molecule has 18 heavy (non-hydrogen) atoms. The Balaban J connectivity index is 2.35. The number of methoxy groups -OCH3 is 2. The Morgan fingerprint density at radius 2 is 1.89 bits per heavy atom. The molecule has 0 amide bonds. The molecule has 0 aliphatic heterocycles. The van der Waals surface area contributed by atoms with E-state index in [0.29, 0.717) is 17.1 Å². The van der Waals surface area contributed by atoms with E-state index in [1.165, 1.54) is 0 Å². The van der Waals surface area contributed by atoms with E-state index in [-0.39, 0.29) is 10.9 Å².